The molecule has 24 heavy (non-hydrogen) atoms. The fourth-order valence-electron chi connectivity index (χ4n) is 4.08. The van der Waals surface area contributed by atoms with Crippen LogP contribution in [0.15, 0.2) is 36.7 Å². The molecule has 1 spiro atoms. The number of nitrogens with zero attached hydrogens (tertiary/aromatic N) is 2. The van der Waals surface area contributed by atoms with Gasteiger partial charge in [-0.05, 0) is 36.8 Å². The average Bonchev–Trinajstić information content (AvgIpc) is 3.11. The summed E-state index contributed by atoms with van der Waals surface area (Å²) in [5, 5.41) is 6.96. The van der Waals surface area contributed by atoms with Gasteiger partial charge in [-0.25, -0.2) is 0 Å². The van der Waals surface area contributed by atoms with Crippen LogP contribution in [0.1, 0.15) is 30.4 Å². The maximum Gasteiger partial charge on any atom is 0.239 e. The Balaban J connectivity index is 1.48. The van der Waals surface area contributed by atoms with E-state index in [4.69, 9.17) is 5.73 Å². The minimum absolute atomic E-state index is 0.0105. The van der Waals surface area contributed by atoms with Gasteiger partial charge in [0, 0.05) is 17.5 Å². The molecule has 1 aromatic heterocycles. The zero-order valence-electron chi connectivity index (χ0n) is 13.4. The van der Waals surface area contributed by atoms with Gasteiger partial charge in [0.05, 0.1) is 11.9 Å². The van der Waals surface area contributed by atoms with Gasteiger partial charge in [-0.1, -0.05) is 24.3 Å². The minimum atomic E-state index is -0.462. The summed E-state index contributed by atoms with van der Waals surface area (Å²) in [6, 6.07) is 8.49. The molecule has 0 radical (unpaired) electrons. The van der Waals surface area contributed by atoms with Crippen LogP contribution in [0.25, 0.3) is 0 Å². The van der Waals surface area contributed by atoms with Crippen LogP contribution >= 0.6 is 0 Å². The number of nitrogens with one attached hydrogen (secondary N) is 1. The van der Waals surface area contributed by atoms with Gasteiger partial charge in [-0.3, -0.25) is 14.3 Å². The fourth-order valence-corrected chi connectivity index (χ4v) is 4.08. The van der Waals surface area contributed by atoms with Crippen LogP contribution in [0.4, 0.5) is 5.69 Å². The van der Waals surface area contributed by atoms with Crippen LogP contribution in [0.3, 0.4) is 0 Å². The monoisotopic (exact) mass is 324 g/mol. The van der Waals surface area contributed by atoms with E-state index in [9.17, 15) is 9.59 Å². The summed E-state index contributed by atoms with van der Waals surface area (Å²) >= 11 is 0. The molecule has 2 aliphatic carbocycles. The van der Waals surface area contributed by atoms with Gasteiger partial charge in [-0.2, -0.15) is 5.10 Å². The molecule has 4 rings (SSSR count). The topological polar surface area (TPSA) is 90.0 Å². The van der Waals surface area contributed by atoms with Crippen LogP contribution in [0.5, 0.6) is 0 Å². The van der Waals surface area contributed by atoms with E-state index in [1.165, 1.54) is 15.8 Å². The van der Waals surface area contributed by atoms with Gasteiger partial charge in [-0.15, -0.1) is 0 Å². The normalized spacial score (nSPS) is 24.4. The summed E-state index contributed by atoms with van der Waals surface area (Å²) in [6.07, 6.45) is 7.40. The predicted octanol–water partition coefficient (Wildman–Crippen LogP) is 1.60. The summed E-state index contributed by atoms with van der Waals surface area (Å²) < 4.78 is 1.43. The first-order valence-electron chi connectivity index (χ1n) is 8.28. The zero-order chi connectivity index (χ0) is 16.7. The Morgan fingerprint density at radius 1 is 1.38 bits per heavy atom. The van der Waals surface area contributed by atoms with Crippen molar-refractivity contribution in [2.24, 2.45) is 11.7 Å². The highest BCUT2D eigenvalue weighted by Gasteiger charge is 2.60. The van der Waals surface area contributed by atoms with Gasteiger partial charge in [0.25, 0.3) is 0 Å². The van der Waals surface area contributed by atoms with Gasteiger partial charge < -0.3 is 11.1 Å². The van der Waals surface area contributed by atoms with Crippen molar-refractivity contribution in [2.45, 2.75) is 37.6 Å². The molecule has 1 saturated carbocycles. The van der Waals surface area contributed by atoms with E-state index in [0.29, 0.717) is 5.69 Å². The second-order valence-corrected chi connectivity index (χ2v) is 6.81. The van der Waals surface area contributed by atoms with E-state index in [1.54, 1.807) is 12.4 Å². The lowest BCUT2D eigenvalue weighted by molar-refractivity contribution is -0.119. The first-order chi connectivity index (χ1) is 11.6. The van der Waals surface area contributed by atoms with Gasteiger partial charge in [0.1, 0.15) is 6.54 Å². The number of carbonyl (C=O) groups is 2. The zero-order valence-corrected chi connectivity index (χ0v) is 13.4. The number of amides is 2. The largest absolute Gasteiger partial charge is 0.368 e. The molecule has 2 aliphatic rings. The highest BCUT2D eigenvalue weighted by atomic mass is 16.2. The Morgan fingerprint density at radius 2 is 2.21 bits per heavy atom. The van der Waals surface area contributed by atoms with E-state index in [1.807, 2.05) is 0 Å². The lowest BCUT2D eigenvalue weighted by Gasteiger charge is -2.26. The first kappa shape index (κ1) is 14.9. The predicted molar refractivity (Wildman–Crippen MR) is 89.2 cm³/mol. The van der Waals surface area contributed by atoms with E-state index in [-0.39, 0.29) is 23.8 Å². The summed E-state index contributed by atoms with van der Waals surface area (Å²) in [5.41, 5.74) is 8.50. The summed E-state index contributed by atoms with van der Waals surface area (Å²) in [7, 11) is 0. The molecule has 2 amide bonds. The Bertz CT molecular complexity index is 813. The molecule has 6 heteroatoms. The highest BCUT2D eigenvalue weighted by molar-refractivity contribution is 5.96. The molecule has 0 saturated heterocycles. The maximum atomic E-state index is 12.6. The third kappa shape index (κ3) is 2.48. The van der Waals surface area contributed by atoms with Crippen molar-refractivity contribution in [1.29, 1.82) is 0 Å². The van der Waals surface area contributed by atoms with Crippen LogP contribution in [-0.2, 0) is 28.0 Å². The van der Waals surface area contributed by atoms with Crippen LogP contribution in [0.2, 0.25) is 0 Å². The Labute approximate surface area is 140 Å². The van der Waals surface area contributed by atoms with Crippen molar-refractivity contribution in [3.63, 3.8) is 0 Å². The molecule has 1 heterocycles. The van der Waals surface area contributed by atoms with E-state index < -0.39 is 5.91 Å². The molecule has 1 aromatic carbocycles. The number of carbonyl (C=O) groups excluding carboxylic acids is 2. The number of benzene rings is 1. The van der Waals surface area contributed by atoms with Crippen molar-refractivity contribution in [2.75, 3.05) is 5.32 Å². The van der Waals surface area contributed by atoms with Gasteiger partial charge >= 0.3 is 0 Å². The van der Waals surface area contributed by atoms with Crippen LogP contribution < -0.4 is 11.1 Å². The molecule has 0 bridgehead atoms. The Morgan fingerprint density at radius 3 is 3.04 bits per heavy atom. The van der Waals surface area contributed by atoms with E-state index in [0.717, 1.165) is 25.7 Å². The number of primary amides is 1. The summed E-state index contributed by atoms with van der Waals surface area (Å²) in [5.74, 6) is -0.417. The quantitative estimate of drug-likeness (QED) is 0.895. The third-order valence-electron chi connectivity index (χ3n) is 5.23. The van der Waals surface area contributed by atoms with Crippen molar-refractivity contribution >= 4 is 17.5 Å². The van der Waals surface area contributed by atoms with Crippen molar-refractivity contribution in [3.05, 3.63) is 47.8 Å². The second kappa shape index (κ2) is 5.47. The molecule has 3 N–H and O–H groups in total. The minimum Gasteiger partial charge on any atom is -0.368 e. The molecule has 0 unspecified atom stereocenters. The van der Waals surface area contributed by atoms with E-state index >= 15 is 0 Å². The number of anilines is 1. The SMILES string of the molecule is NC(=O)Cn1cc(NC(=O)[C@H]2C[C@]23CCCc2ccccc23)cn1. The van der Waals surface area contributed by atoms with Crippen molar-refractivity contribution in [3.8, 4) is 0 Å². The number of nitrogens with two attached hydrogens (primary N) is 1. The molecular weight excluding hydrogens is 304 g/mol. The fraction of sp³-hybridized carbons (Fsp3) is 0.389. The molecule has 6 nitrogen and oxygen atoms in total. The summed E-state index contributed by atoms with van der Waals surface area (Å²) in [4.78, 5) is 23.6. The molecule has 2 atom stereocenters. The molecule has 2 aromatic rings. The molecular formula is C18H20N4O2. The number of aryl methyl sites for hydroxylation is 1. The highest BCUT2D eigenvalue weighted by Crippen LogP contribution is 2.60. The number of hydrogen-bond acceptors (Lipinski definition) is 3. The number of hydrogen-bond donors (Lipinski definition) is 2. The molecule has 124 valence electrons. The number of fused-ring (bicyclic) bond motifs is 2. The Kier molecular flexibility index (Phi) is 3.40. The smallest absolute Gasteiger partial charge is 0.239 e. The first-order valence-corrected chi connectivity index (χ1v) is 8.28. The maximum absolute atomic E-state index is 12.6. The Hall–Kier alpha value is -2.63. The average molecular weight is 324 g/mol. The van der Waals surface area contributed by atoms with Gasteiger partial charge in [0.2, 0.25) is 11.8 Å². The van der Waals surface area contributed by atoms with Gasteiger partial charge in [0.15, 0.2) is 0 Å². The lowest BCUT2D eigenvalue weighted by Crippen LogP contribution is -2.24. The third-order valence-corrected chi connectivity index (χ3v) is 5.23. The van der Waals surface area contributed by atoms with Crippen molar-refractivity contribution < 1.29 is 9.59 Å². The summed E-state index contributed by atoms with van der Waals surface area (Å²) in [6.45, 7) is 0.0105. The number of rotatable bonds is 4. The van der Waals surface area contributed by atoms with Crippen molar-refractivity contribution in [1.82, 2.24) is 9.78 Å². The molecule has 1 fully saturated rings. The number of aromatic nitrogens is 2. The standard InChI is InChI=1S/C18H20N4O2/c19-16(23)11-22-10-13(9-20-22)21-17(24)15-8-18(15)7-3-5-12-4-1-2-6-14(12)18/h1-2,4,6,9-10,15H,3,5,7-8,11H2,(H2,19,23)(H,21,24)/t15-,18+/m1/s1. The second-order valence-electron chi connectivity index (χ2n) is 6.81. The molecule has 0 aliphatic heterocycles. The van der Waals surface area contributed by atoms with Crippen LogP contribution in [-0.4, -0.2) is 21.6 Å². The van der Waals surface area contributed by atoms with Crippen LogP contribution in [0, 0.1) is 5.92 Å². The van der Waals surface area contributed by atoms with E-state index in [2.05, 4.69) is 34.7 Å². The lowest BCUT2D eigenvalue weighted by atomic mass is 9.78.